The number of aliphatic hydroxyl groups excluding tert-OH is 1. The molecule has 0 aromatic heterocycles. The lowest BCUT2D eigenvalue weighted by molar-refractivity contribution is 0.184. The molecule has 1 aromatic carbocycles. The van der Waals surface area contributed by atoms with Crippen molar-refractivity contribution in [1.29, 1.82) is 0 Å². The first-order valence-electron chi connectivity index (χ1n) is 6.74. The van der Waals surface area contributed by atoms with Crippen molar-refractivity contribution in [2.75, 3.05) is 13.1 Å². The fraction of sp³-hybridized carbons (Fsp3) is 0.600. The molecular weight excluding hydrogens is 224 g/mol. The van der Waals surface area contributed by atoms with E-state index in [-0.39, 0.29) is 6.61 Å². The van der Waals surface area contributed by atoms with Crippen LogP contribution in [0.3, 0.4) is 0 Å². The van der Waals surface area contributed by atoms with E-state index in [1.807, 2.05) is 12.1 Å². The minimum absolute atomic E-state index is 0.118. The summed E-state index contributed by atoms with van der Waals surface area (Å²) in [7, 11) is 0. The summed E-state index contributed by atoms with van der Waals surface area (Å²) in [6.07, 6.45) is 1.17. The molecular formula is C15H24N2O. The van der Waals surface area contributed by atoms with Crippen LogP contribution in [0.15, 0.2) is 24.3 Å². The van der Waals surface area contributed by atoms with Crippen LogP contribution in [0.25, 0.3) is 0 Å². The number of aliphatic hydroxyl groups is 1. The topological polar surface area (TPSA) is 44.3 Å². The summed E-state index contributed by atoms with van der Waals surface area (Å²) in [4.78, 5) is 0. The number of hydrogen-bond acceptors (Lipinski definition) is 3. The van der Waals surface area contributed by atoms with E-state index >= 15 is 0 Å². The number of benzene rings is 1. The van der Waals surface area contributed by atoms with E-state index < -0.39 is 0 Å². The lowest BCUT2D eigenvalue weighted by Gasteiger charge is -2.39. The molecule has 0 radical (unpaired) electrons. The number of rotatable bonds is 4. The molecule has 1 heterocycles. The van der Waals surface area contributed by atoms with Crippen molar-refractivity contribution in [2.24, 2.45) is 5.41 Å². The summed E-state index contributed by atoms with van der Waals surface area (Å²) < 4.78 is 0. The maximum absolute atomic E-state index is 9.13. The first-order valence-corrected chi connectivity index (χ1v) is 6.74. The van der Waals surface area contributed by atoms with Gasteiger partial charge in [-0.05, 0) is 29.5 Å². The smallest absolute Gasteiger partial charge is 0.0681 e. The largest absolute Gasteiger partial charge is 0.392 e. The fourth-order valence-electron chi connectivity index (χ4n) is 2.63. The molecule has 0 saturated carbocycles. The maximum Gasteiger partial charge on any atom is 0.0681 e. The van der Waals surface area contributed by atoms with E-state index in [0.717, 1.165) is 25.2 Å². The predicted octanol–water partition coefficient (Wildman–Crippen LogP) is 1.66. The third kappa shape index (κ3) is 3.31. The van der Waals surface area contributed by atoms with Crippen molar-refractivity contribution >= 4 is 0 Å². The third-order valence-corrected chi connectivity index (χ3v) is 3.86. The van der Waals surface area contributed by atoms with E-state index in [4.69, 9.17) is 5.11 Å². The van der Waals surface area contributed by atoms with Crippen molar-refractivity contribution < 1.29 is 5.11 Å². The van der Waals surface area contributed by atoms with Gasteiger partial charge in [0.15, 0.2) is 0 Å². The quantitative estimate of drug-likeness (QED) is 0.759. The molecule has 1 atom stereocenters. The molecule has 0 aliphatic carbocycles. The second-order valence-corrected chi connectivity index (χ2v) is 5.87. The Morgan fingerprint density at radius 2 is 2.17 bits per heavy atom. The van der Waals surface area contributed by atoms with Gasteiger partial charge in [0.05, 0.1) is 6.61 Å². The second-order valence-electron chi connectivity index (χ2n) is 5.87. The standard InChI is InChI=1S/C15H24N2O/c1-15(2)11-16-7-6-14(15)17-9-12-4-3-5-13(8-12)10-18/h3-5,8,14,16-18H,6-7,9-11H2,1-2H3. The van der Waals surface area contributed by atoms with Gasteiger partial charge in [-0.3, -0.25) is 0 Å². The minimum atomic E-state index is 0.118. The lowest BCUT2D eigenvalue weighted by atomic mass is 9.80. The summed E-state index contributed by atoms with van der Waals surface area (Å²) in [6.45, 7) is 7.77. The number of nitrogens with one attached hydrogen (secondary N) is 2. The Balaban J connectivity index is 1.94. The molecule has 2 rings (SSSR count). The van der Waals surface area contributed by atoms with Gasteiger partial charge in [-0.15, -0.1) is 0 Å². The summed E-state index contributed by atoms with van der Waals surface area (Å²) >= 11 is 0. The van der Waals surface area contributed by atoms with Gasteiger partial charge < -0.3 is 15.7 Å². The van der Waals surface area contributed by atoms with E-state index in [2.05, 4.69) is 36.6 Å². The van der Waals surface area contributed by atoms with Gasteiger partial charge >= 0.3 is 0 Å². The van der Waals surface area contributed by atoms with Crippen LogP contribution in [0, 0.1) is 5.41 Å². The molecule has 0 amide bonds. The molecule has 0 bridgehead atoms. The Labute approximate surface area is 110 Å². The summed E-state index contributed by atoms with van der Waals surface area (Å²) in [6, 6.07) is 8.70. The summed E-state index contributed by atoms with van der Waals surface area (Å²) in [5, 5.41) is 16.2. The lowest BCUT2D eigenvalue weighted by Crippen LogP contribution is -2.52. The molecule has 1 aromatic rings. The maximum atomic E-state index is 9.13. The van der Waals surface area contributed by atoms with Gasteiger partial charge in [-0.25, -0.2) is 0 Å². The average Bonchev–Trinajstić information content (AvgIpc) is 2.37. The van der Waals surface area contributed by atoms with Gasteiger partial charge in [0.25, 0.3) is 0 Å². The zero-order valence-corrected chi connectivity index (χ0v) is 11.4. The van der Waals surface area contributed by atoms with Crippen molar-refractivity contribution in [2.45, 2.75) is 39.5 Å². The normalized spacial score (nSPS) is 22.9. The molecule has 3 N–H and O–H groups in total. The van der Waals surface area contributed by atoms with Crippen LogP contribution in [0.5, 0.6) is 0 Å². The molecule has 18 heavy (non-hydrogen) atoms. The van der Waals surface area contributed by atoms with Gasteiger partial charge in [0.1, 0.15) is 0 Å². The molecule has 0 spiro atoms. The van der Waals surface area contributed by atoms with Crippen LogP contribution in [0.1, 0.15) is 31.4 Å². The van der Waals surface area contributed by atoms with E-state index in [1.54, 1.807) is 0 Å². The minimum Gasteiger partial charge on any atom is -0.392 e. The monoisotopic (exact) mass is 248 g/mol. The van der Waals surface area contributed by atoms with E-state index in [9.17, 15) is 0 Å². The molecule has 1 aliphatic heterocycles. The van der Waals surface area contributed by atoms with E-state index in [1.165, 1.54) is 12.0 Å². The highest BCUT2D eigenvalue weighted by atomic mass is 16.3. The molecule has 1 fully saturated rings. The van der Waals surface area contributed by atoms with Crippen LogP contribution in [0.4, 0.5) is 0 Å². The van der Waals surface area contributed by atoms with Crippen molar-refractivity contribution in [3.8, 4) is 0 Å². The van der Waals surface area contributed by atoms with Gasteiger partial charge in [0.2, 0.25) is 0 Å². The summed E-state index contributed by atoms with van der Waals surface area (Å²) in [5.74, 6) is 0. The Kier molecular flexibility index (Phi) is 4.38. The zero-order valence-electron chi connectivity index (χ0n) is 11.4. The second kappa shape index (κ2) is 5.83. The van der Waals surface area contributed by atoms with Crippen LogP contribution in [-0.4, -0.2) is 24.2 Å². The highest BCUT2D eigenvalue weighted by molar-refractivity contribution is 5.22. The Morgan fingerprint density at radius 1 is 1.39 bits per heavy atom. The number of piperidine rings is 1. The zero-order chi connectivity index (χ0) is 13.0. The van der Waals surface area contributed by atoms with Gasteiger partial charge in [-0.2, -0.15) is 0 Å². The Morgan fingerprint density at radius 3 is 2.89 bits per heavy atom. The molecule has 3 heteroatoms. The highest BCUT2D eigenvalue weighted by Crippen LogP contribution is 2.25. The van der Waals surface area contributed by atoms with Crippen molar-refractivity contribution in [3.05, 3.63) is 35.4 Å². The van der Waals surface area contributed by atoms with Crippen molar-refractivity contribution in [3.63, 3.8) is 0 Å². The van der Waals surface area contributed by atoms with Crippen LogP contribution in [-0.2, 0) is 13.2 Å². The van der Waals surface area contributed by atoms with E-state index in [0.29, 0.717) is 11.5 Å². The van der Waals surface area contributed by atoms with Gasteiger partial charge in [0, 0.05) is 19.1 Å². The highest BCUT2D eigenvalue weighted by Gasteiger charge is 2.31. The molecule has 1 aliphatic rings. The van der Waals surface area contributed by atoms with Crippen LogP contribution in [0.2, 0.25) is 0 Å². The SMILES string of the molecule is CC1(C)CNCCC1NCc1cccc(CO)c1. The third-order valence-electron chi connectivity index (χ3n) is 3.86. The van der Waals surface area contributed by atoms with Crippen molar-refractivity contribution in [1.82, 2.24) is 10.6 Å². The first kappa shape index (κ1) is 13.5. The molecule has 1 saturated heterocycles. The predicted molar refractivity (Wildman–Crippen MR) is 74.3 cm³/mol. The first-order chi connectivity index (χ1) is 8.62. The fourth-order valence-corrected chi connectivity index (χ4v) is 2.63. The Bertz CT molecular complexity index is 390. The Hall–Kier alpha value is -0.900. The summed E-state index contributed by atoms with van der Waals surface area (Å²) in [5.41, 5.74) is 2.53. The number of hydrogen-bond donors (Lipinski definition) is 3. The molecule has 1 unspecified atom stereocenters. The molecule has 3 nitrogen and oxygen atoms in total. The van der Waals surface area contributed by atoms with Crippen LogP contribution < -0.4 is 10.6 Å². The van der Waals surface area contributed by atoms with Crippen LogP contribution >= 0.6 is 0 Å². The molecule has 100 valence electrons. The van der Waals surface area contributed by atoms with Gasteiger partial charge in [-0.1, -0.05) is 38.1 Å². The average molecular weight is 248 g/mol.